The van der Waals surface area contributed by atoms with Crippen LogP contribution in [-0.4, -0.2) is 32.1 Å². The number of hydrogen-bond donors (Lipinski definition) is 3. The van der Waals surface area contributed by atoms with E-state index in [1.54, 1.807) is 11.6 Å². The van der Waals surface area contributed by atoms with Gasteiger partial charge in [-0.2, -0.15) is 17.9 Å². The third-order valence-corrected chi connectivity index (χ3v) is 7.58. The summed E-state index contributed by atoms with van der Waals surface area (Å²) in [6.07, 6.45) is -3.77. The first-order valence-corrected chi connectivity index (χ1v) is 13.4. The molecule has 198 valence electrons. The number of carbonyl (C=O) groups is 1. The Morgan fingerprint density at radius 1 is 1.08 bits per heavy atom. The van der Waals surface area contributed by atoms with Crippen LogP contribution >= 0.6 is 0 Å². The molecule has 3 N–H and O–H groups in total. The maximum absolute atomic E-state index is 13.7. The molecule has 0 aliphatic heterocycles. The number of amides is 1. The summed E-state index contributed by atoms with van der Waals surface area (Å²) < 4.78 is 67.8. The monoisotopic (exact) mass is 525 g/mol. The number of sulfonamides is 1. The van der Waals surface area contributed by atoms with Crippen molar-refractivity contribution in [3.05, 3.63) is 64.7 Å². The van der Waals surface area contributed by atoms with Gasteiger partial charge in [0.05, 0.1) is 17.4 Å². The van der Waals surface area contributed by atoms with Gasteiger partial charge in [0.1, 0.15) is 6.04 Å². The topological polar surface area (TPSA) is 87.3 Å². The molecule has 1 amide bonds. The minimum atomic E-state index is -4.94. The van der Waals surface area contributed by atoms with Crippen LogP contribution in [0.4, 0.5) is 13.2 Å². The normalized spacial score (nSPS) is 17.4. The predicted octanol–water partition coefficient (Wildman–Crippen LogP) is 4.68. The molecule has 0 spiro atoms. The predicted molar refractivity (Wildman–Crippen MR) is 133 cm³/mol. The fraction of sp³-hybridized carbons (Fsp3) is 0.500. The molecule has 36 heavy (non-hydrogen) atoms. The lowest BCUT2D eigenvalue weighted by atomic mass is 9.86. The molecule has 0 unspecified atom stereocenters. The molecule has 0 fully saturated rings. The van der Waals surface area contributed by atoms with E-state index in [2.05, 4.69) is 37.5 Å². The van der Waals surface area contributed by atoms with E-state index in [9.17, 15) is 26.4 Å². The van der Waals surface area contributed by atoms with Crippen LogP contribution in [0.25, 0.3) is 0 Å². The van der Waals surface area contributed by atoms with E-state index in [1.165, 1.54) is 24.3 Å². The molecule has 1 aliphatic rings. The quantitative estimate of drug-likeness (QED) is 0.467. The minimum absolute atomic E-state index is 0.0393. The molecule has 6 nitrogen and oxygen atoms in total. The van der Waals surface area contributed by atoms with Crippen molar-refractivity contribution in [2.75, 3.05) is 0 Å². The van der Waals surface area contributed by atoms with E-state index in [4.69, 9.17) is 0 Å². The zero-order chi connectivity index (χ0) is 26.7. The lowest BCUT2D eigenvalue weighted by Gasteiger charge is -2.28. The molecule has 0 aromatic heterocycles. The number of hydrogen-bond acceptors (Lipinski definition) is 4. The molecule has 0 saturated carbocycles. The second kappa shape index (κ2) is 10.9. The molecule has 3 rings (SSSR count). The van der Waals surface area contributed by atoms with E-state index in [0.717, 1.165) is 35.1 Å². The Kier molecular flexibility index (Phi) is 8.52. The average molecular weight is 526 g/mol. The van der Waals surface area contributed by atoms with Crippen molar-refractivity contribution in [2.45, 2.75) is 88.6 Å². The SMILES string of the molecule is Cc1ccc(S(=O)(=O)N[C@H](CC(=O)N[C@@H]2CCCc3cc(CNC(C)(C)C)ccc32)C(F)(F)F)cc1. The molecule has 2 aromatic carbocycles. The standard InChI is InChI=1S/C26H34F3N3O3S/c1-17-8-11-20(12-9-17)36(34,35)32-23(26(27,28)29)15-24(33)31-22-7-5-6-19-14-18(10-13-21(19)22)16-30-25(2,3)4/h8-14,22-23,30,32H,5-7,15-16H2,1-4H3,(H,31,33)/t22-,23-/m1/s1. The van der Waals surface area contributed by atoms with Crippen molar-refractivity contribution < 1.29 is 26.4 Å². The lowest BCUT2D eigenvalue weighted by Crippen LogP contribution is -2.48. The summed E-state index contributed by atoms with van der Waals surface area (Å²) >= 11 is 0. The van der Waals surface area contributed by atoms with Gasteiger partial charge >= 0.3 is 6.18 Å². The van der Waals surface area contributed by atoms with E-state index >= 15 is 0 Å². The van der Waals surface area contributed by atoms with Crippen LogP contribution in [0.2, 0.25) is 0 Å². The number of rotatable bonds is 8. The zero-order valence-corrected chi connectivity index (χ0v) is 21.8. The zero-order valence-electron chi connectivity index (χ0n) is 21.0. The lowest BCUT2D eigenvalue weighted by molar-refractivity contribution is -0.158. The molecule has 0 heterocycles. The number of alkyl halides is 3. The van der Waals surface area contributed by atoms with Gasteiger partial charge in [0.2, 0.25) is 15.9 Å². The summed E-state index contributed by atoms with van der Waals surface area (Å²) in [7, 11) is -4.46. The second-order valence-corrected chi connectivity index (χ2v) is 12.1. The Morgan fingerprint density at radius 2 is 1.75 bits per heavy atom. The first-order valence-electron chi connectivity index (χ1n) is 12.0. The summed E-state index contributed by atoms with van der Waals surface area (Å²) in [5.74, 6) is -0.861. The van der Waals surface area contributed by atoms with Crippen molar-refractivity contribution in [1.82, 2.24) is 15.4 Å². The largest absolute Gasteiger partial charge is 0.405 e. The maximum atomic E-state index is 13.7. The van der Waals surface area contributed by atoms with Crippen molar-refractivity contribution in [3.8, 4) is 0 Å². The van der Waals surface area contributed by atoms with Gasteiger partial charge in [-0.05, 0) is 75.8 Å². The van der Waals surface area contributed by atoms with Gasteiger partial charge in [-0.15, -0.1) is 0 Å². The van der Waals surface area contributed by atoms with E-state index < -0.39 is 40.6 Å². The molecule has 2 atom stereocenters. The molecule has 1 aliphatic carbocycles. The number of halogens is 3. The third-order valence-electron chi connectivity index (χ3n) is 6.09. The Bertz CT molecular complexity index is 1170. The van der Waals surface area contributed by atoms with Crippen molar-refractivity contribution in [1.29, 1.82) is 0 Å². The van der Waals surface area contributed by atoms with Crippen LogP contribution < -0.4 is 15.4 Å². The van der Waals surface area contributed by atoms with Crippen molar-refractivity contribution in [2.24, 2.45) is 0 Å². The van der Waals surface area contributed by atoms with Gasteiger partial charge in [0.25, 0.3) is 0 Å². The molecular weight excluding hydrogens is 491 g/mol. The van der Waals surface area contributed by atoms with E-state index in [1.807, 2.05) is 12.1 Å². The minimum Gasteiger partial charge on any atom is -0.349 e. The highest BCUT2D eigenvalue weighted by Gasteiger charge is 2.43. The van der Waals surface area contributed by atoms with Crippen LogP contribution in [0, 0.1) is 6.92 Å². The Labute approximate surface area is 211 Å². The van der Waals surface area contributed by atoms with Gasteiger partial charge in [-0.3, -0.25) is 4.79 Å². The summed E-state index contributed by atoms with van der Waals surface area (Å²) in [6.45, 7) is 8.64. The first kappa shape index (κ1) is 28.1. The fourth-order valence-electron chi connectivity index (χ4n) is 4.13. The summed E-state index contributed by atoms with van der Waals surface area (Å²) in [6, 6.07) is 8.43. The van der Waals surface area contributed by atoms with Crippen LogP contribution in [0.1, 0.15) is 68.3 Å². The van der Waals surface area contributed by atoms with Crippen LogP contribution in [0.15, 0.2) is 47.4 Å². The molecular formula is C26H34F3N3O3S. The number of carbonyl (C=O) groups excluding carboxylic acids is 1. The molecule has 0 bridgehead atoms. The van der Waals surface area contributed by atoms with E-state index in [0.29, 0.717) is 13.0 Å². The van der Waals surface area contributed by atoms with Crippen LogP contribution in [-0.2, 0) is 27.8 Å². The molecule has 0 saturated heterocycles. The number of fused-ring (bicyclic) bond motifs is 1. The van der Waals surface area contributed by atoms with Crippen molar-refractivity contribution >= 4 is 15.9 Å². The Balaban J connectivity index is 1.70. The van der Waals surface area contributed by atoms with Gasteiger partial charge in [-0.1, -0.05) is 35.9 Å². The van der Waals surface area contributed by atoms with Crippen LogP contribution in [0.3, 0.4) is 0 Å². The highest BCUT2D eigenvalue weighted by molar-refractivity contribution is 7.89. The maximum Gasteiger partial charge on any atom is 0.405 e. The highest BCUT2D eigenvalue weighted by Crippen LogP contribution is 2.31. The van der Waals surface area contributed by atoms with Gasteiger partial charge in [-0.25, -0.2) is 8.42 Å². The third kappa shape index (κ3) is 7.78. The smallest absolute Gasteiger partial charge is 0.349 e. The average Bonchev–Trinajstić information content (AvgIpc) is 2.76. The van der Waals surface area contributed by atoms with Gasteiger partial charge < -0.3 is 10.6 Å². The molecule has 2 aromatic rings. The Hall–Kier alpha value is -2.43. The highest BCUT2D eigenvalue weighted by atomic mass is 32.2. The number of benzene rings is 2. The summed E-state index contributed by atoms with van der Waals surface area (Å²) in [4.78, 5) is 12.4. The molecule has 10 heteroatoms. The van der Waals surface area contributed by atoms with Gasteiger partial charge in [0, 0.05) is 12.1 Å². The number of nitrogens with one attached hydrogen (secondary N) is 3. The van der Waals surface area contributed by atoms with Gasteiger partial charge in [0.15, 0.2) is 0 Å². The first-order chi connectivity index (χ1) is 16.6. The van der Waals surface area contributed by atoms with E-state index in [-0.39, 0.29) is 10.4 Å². The fourth-order valence-corrected chi connectivity index (χ4v) is 5.35. The second-order valence-electron chi connectivity index (χ2n) is 10.4. The summed E-state index contributed by atoms with van der Waals surface area (Å²) in [5, 5.41) is 6.12. The van der Waals surface area contributed by atoms with Crippen molar-refractivity contribution in [3.63, 3.8) is 0 Å². The molecule has 0 radical (unpaired) electrons. The Morgan fingerprint density at radius 3 is 2.36 bits per heavy atom. The summed E-state index contributed by atoms with van der Waals surface area (Å²) in [5.41, 5.74) is 3.78. The number of aryl methyl sites for hydroxylation is 2. The van der Waals surface area contributed by atoms with Crippen LogP contribution in [0.5, 0.6) is 0 Å².